The second-order valence-corrected chi connectivity index (χ2v) is 5.40. The summed E-state index contributed by atoms with van der Waals surface area (Å²) >= 11 is 3.57. The molecule has 1 rings (SSSR count). The van der Waals surface area contributed by atoms with Gasteiger partial charge in [0.1, 0.15) is 0 Å². The van der Waals surface area contributed by atoms with E-state index in [1.165, 1.54) is 5.56 Å². The number of hydrogen-bond acceptors (Lipinski definition) is 3. The van der Waals surface area contributed by atoms with Crippen LogP contribution in [0.3, 0.4) is 0 Å². The van der Waals surface area contributed by atoms with E-state index >= 15 is 0 Å². The van der Waals surface area contributed by atoms with Crippen LogP contribution in [-0.2, 0) is 11.3 Å². The van der Waals surface area contributed by atoms with Gasteiger partial charge in [-0.3, -0.25) is 4.79 Å². The van der Waals surface area contributed by atoms with E-state index in [1.54, 1.807) is 0 Å². The van der Waals surface area contributed by atoms with Gasteiger partial charge in [0.2, 0.25) is 5.91 Å². The summed E-state index contributed by atoms with van der Waals surface area (Å²) in [5.41, 5.74) is 7.54. The second kappa shape index (κ2) is 8.17. The molecule has 4 nitrogen and oxygen atoms in total. The molecular weight excluding hydrogens is 306 g/mol. The Hall–Kier alpha value is -1.07. The lowest BCUT2D eigenvalue weighted by molar-refractivity contribution is -0.116. The van der Waals surface area contributed by atoms with Crippen molar-refractivity contribution in [3.05, 3.63) is 28.2 Å². The monoisotopic (exact) mass is 327 g/mol. The molecule has 0 aromatic heterocycles. The molecule has 0 aliphatic rings. The van der Waals surface area contributed by atoms with E-state index in [-0.39, 0.29) is 12.5 Å². The van der Waals surface area contributed by atoms with Crippen LogP contribution in [0.1, 0.15) is 25.3 Å². The molecule has 0 aliphatic heterocycles. The van der Waals surface area contributed by atoms with Crippen molar-refractivity contribution >= 4 is 27.5 Å². The van der Waals surface area contributed by atoms with Crippen molar-refractivity contribution in [3.8, 4) is 0 Å². The van der Waals surface area contributed by atoms with Gasteiger partial charge in [-0.25, -0.2) is 0 Å². The highest BCUT2D eigenvalue weighted by atomic mass is 79.9. The Kier molecular flexibility index (Phi) is 6.87. The van der Waals surface area contributed by atoms with Crippen LogP contribution in [0.4, 0.5) is 5.69 Å². The Morgan fingerprint density at radius 1 is 1.47 bits per heavy atom. The lowest BCUT2D eigenvalue weighted by Gasteiger charge is -2.24. The molecule has 106 valence electrons. The van der Waals surface area contributed by atoms with E-state index in [0.29, 0.717) is 0 Å². The minimum atomic E-state index is -0.300. The van der Waals surface area contributed by atoms with Crippen LogP contribution in [0.15, 0.2) is 22.7 Å². The van der Waals surface area contributed by atoms with Gasteiger partial charge in [0, 0.05) is 23.2 Å². The lowest BCUT2D eigenvalue weighted by Crippen LogP contribution is -2.34. The number of nitrogens with two attached hydrogens (primary N) is 1. The summed E-state index contributed by atoms with van der Waals surface area (Å²) < 4.78 is 1.05. The number of rotatable bonds is 8. The molecule has 3 N–H and O–H groups in total. The first-order valence-electron chi connectivity index (χ1n) is 6.54. The van der Waals surface area contributed by atoms with Gasteiger partial charge in [0.25, 0.3) is 0 Å². The number of benzene rings is 1. The molecule has 0 radical (unpaired) electrons. The topological polar surface area (TPSA) is 58.4 Å². The molecule has 0 fully saturated rings. The molecule has 1 amide bonds. The van der Waals surface area contributed by atoms with Crippen LogP contribution in [0.2, 0.25) is 0 Å². The van der Waals surface area contributed by atoms with Crippen LogP contribution in [-0.4, -0.2) is 26.0 Å². The van der Waals surface area contributed by atoms with Gasteiger partial charge >= 0.3 is 0 Å². The fraction of sp³-hybridized carbons (Fsp3) is 0.500. The van der Waals surface area contributed by atoms with Crippen molar-refractivity contribution in [2.45, 2.75) is 26.3 Å². The van der Waals surface area contributed by atoms with Crippen molar-refractivity contribution in [2.24, 2.45) is 5.73 Å². The lowest BCUT2D eigenvalue weighted by atomic mass is 10.2. The number of carbonyl (C=O) groups is 1. The number of carbonyl (C=O) groups excluding carboxylic acids is 1. The zero-order chi connectivity index (χ0) is 14.3. The predicted octanol–water partition coefficient (Wildman–Crippen LogP) is 2.26. The normalized spacial score (nSPS) is 10.5. The molecule has 1 aromatic carbocycles. The molecule has 0 bridgehead atoms. The number of hydrogen-bond donors (Lipinski definition) is 2. The van der Waals surface area contributed by atoms with E-state index in [1.807, 2.05) is 24.1 Å². The first-order valence-corrected chi connectivity index (χ1v) is 7.34. The van der Waals surface area contributed by atoms with Gasteiger partial charge in [0.05, 0.1) is 6.54 Å². The number of anilines is 1. The van der Waals surface area contributed by atoms with Gasteiger partial charge in [0.15, 0.2) is 0 Å². The minimum absolute atomic E-state index is 0.262. The fourth-order valence-electron chi connectivity index (χ4n) is 1.90. The van der Waals surface area contributed by atoms with Crippen LogP contribution < -0.4 is 16.0 Å². The summed E-state index contributed by atoms with van der Waals surface area (Å²) in [7, 11) is 1.92. The molecule has 0 atom stereocenters. The average Bonchev–Trinajstić information content (AvgIpc) is 2.36. The number of primary amides is 1. The predicted molar refractivity (Wildman–Crippen MR) is 83.2 cm³/mol. The first kappa shape index (κ1) is 16.0. The van der Waals surface area contributed by atoms with Crippen LogP contribution in [0.25, 0.3) is 0 Å². The summed E-state index contributed by atoms with van der Waals surface area (Å²) in [5, 5.41) is 3.12. The number of nitrogens with one attached hydrogen (secondary N) is 1. The summed E-state index contributed by atoms with van der Waals surface area (Å²) in [6.07, 6.45) is 2.14. The number of nitrogens with zero attached hydrogens (tertiary/aromatic N) is 1. The van der Waals surface area contributed by atoms with E-state index in [2.05, 4.69) is 34.2 Å². The fourth-order valence-corrected chi connectivity index (χ4v) is 2.41. The third-order valence-corrected chi connectivity index (χ3v) is 3.64. The summed E-state index contributed by atoms with van der Waals surface area (Å²) in [4.78, 5) is 13.2. The van der Waals surface area contributed by atoms with Crippen molar-refractivity contribution in [1.29, 1.82) is 0 Å². The Labute approximate surface area is 123 Å². The van der Waals surface area contributed by atoms with Gasteiger partial charge in [-0.05, 0) is 31.2 Å². The smallest absolute Gasteiger partial charge is 0.236 e. The van der Waals surface area contributed by atoms with E-state index in [4.69, 9.17) is 5.73 Å². The van der Waals surface area contributed by atoms with Gasteiger partial charge < -0.3 is 16.0 Å². The highest BCUT2D eigenvalue weighted by Crippen LogP contribution is 2.24. The number of unbranched alkanes of at least 4 members (excludes halogenated alkanes) is 1. The molecule has 0 saturated carbocycles. The molecule has 0 saturated heterocycles. The minimum Gasteiger partial charge on any atom is -0.368 e. The third kappa shape index (κ3) is 5.20. The van der Waals surface area contributed by atoms with E-state index < -0.39 is 0 Å². The standard InChI is InChI=1S/C14H22BrN3O/c1-3-4-7-18(10-14(16)19)12-6-5-11(9-17-2)13(15)8-12/h5-6,8,17H,3-4,7,9-10H2,1-2H3,(H2,16,19). The molecule has 19 heavy (non-hydrogen) atoms. The van der Waals surface area contributed by atoms with Gasteiger partial charge in [-0.15, -0.1) is 0 Å². The van der Waals surface area contributed by atoms with Gasteiger partial charge in [-0.1, -0.05) is 35.3 Å². The second-order valence-electron chi connectivity index (χ2n) is 4.55. The molecule has 0 heterocycles. The Morgan fingerprint density at radius 3 is 2.74 bits per heavy atom. The number of halogens is 1. The maximum atomic E-state index is 11.2. The van der Waals surface area contributed by atoms with Crippen LogP contribution in [0, 0.1) is 0 Å². The maximum Gasteiger partial charge on any atom is 0.236 e. The summed E-state index contributed by atoms with van der Waals surface area (Å²) in [5.74, 6) is -0.300. The quantitative estimate of drug-likeness (QED) is 0.770. The maximum absolute atomic E-state index is 11.2. The van der Waals surface area contributed by atoms with Crippen LogP contribution >= 0.6 is 15.9 Å². The molecular formula is C14H22BrN3O. The SMILES string of the molecule is CCCCN(CC(N)=O)c1ccc(CNC)c(Br)c1. The highest BCUT2D eigenvalue weighted by molar-refractivity contribution is 9.10. The van der Waals surface area contributed by atoms with E-state index in [0.717, 1.165) is 36.1 Å². The first-order chi connectivity index (χ1) is 9.08. The Morgan fingerprint density at radius 2 is 2.21 bits per heavy atom. The zero-order valence-corrected chi connectivity index (χ0v) is 13.2. The van der Waals surface area contributed by atoms with Crippen molar-refractivity contribution in [1.82, 2.24) is 5.32 Å². The molecule has 0 spiro atoms. The highest BCUT2D eigenvalue weighted by Gasteiger charge is 2.10. The molecule has 0 unspecified atom stereocenters. The Balaban J connectivity index is 2.88. The summed E-state index contributed by atoms with van der Waals surface area (Å²) in [6, 6.07) is 6.15. The third-order valence-electron chi connectivity index (χ3n) is 2.90. The van der Waals surface area contributed by atoms with E-state index in [9.17, 15) is 4.79 Å². The van der Waals surface area contributed by atoms with Gasteiger partial charge in [-0.2, -0.15) is 0 Å². The molecule has 1 aromatic rings. The average molecular weight is 328 g/mol. The molecule has 5 heteroatoms. The zero-order valence-electron chi connectivity index (χ0n) is 11.6. The van der Waals surface area contributed by atoms with Crippen molar-refractivity contribution in [2.75, 3.05) is 25.0 Å². The molecule has 0 aliphatic carbocycles. The van der Waals surface area contributed by atoms with Crippen LogP contribution in [0.5, 0.6) is 0 Å². The number of amides is 1. The summed E-state index contributed by atoms with van der Waals surface area (Å²) in [6.45, 7) is 4.05. The largest absolute Gasteiger partial charge is 0.368 e. The Bertz CT molecular complexity index is 423. The van der Waals surface area contributed by atoms with Crippen molar-refractivity contribution in [3.63, 3.8) is 0 Å². The van der Waals surface area contributed by atoms with Crippen molar-refractivity contribution < 1.29 is 4.79 Å².